The van der Waals surface area contributed by atoms with Gasteiger partial charge in [-0.2, -0.15) is 5.10 Å². The Hall–Kier alpha value is -2.82. The number of nitrogens with one attached hydrogen (secondary N) is 2. The lowest BCUT2D eigenvalue weighted by atomic mass is 10.2. The van der Waals surface area contributed by atoms with E-state index in [-0.39, 0.29) is 5.91 Å². The summed E-state index contributed by atoms with van der Waals surface area (Å²) in [5.41, 5.74) is 5.70. The summed E-state index contributed by atoms with van der Waals surface area (Å²) in [5, 5.41) is 7.27. The van der Waals surface area contributed by atoms with Crippen LogP contribution < -0.4 is 15.6 Å². The summed E-state index contributed by atoms with van der Waals surface area (Å²) in [6.07, 6.45) is 2.85. The van der Waals surface area contributed by atoms with Crippen LogP contribution in [0.5, 0.6) is 0 Å². The van der Waals surface area contributed by atoms with Gasteiger partial charge < -0.3 is 10.2 Å². The molecule has 0 spiro atoms. The molecule has 0 aliphatic carbocycles. The number of hydrogen-bond acceptors (Lipinski definition) is 4. The molecule has 0 bridgehead atoms. The second-order valence-corrected chi connectivity index (χ2v) is 5.68. The van der Waals surface area contributed by atoms with Gasteiger partial charge >= 0.3 is 0 Å². The van der Waals surface area contributed by atoms with E-state index < -0.39 is 0 Å². The predicted molar refractivity (Wildman–Crippen MR) is 101 cm³/mol. The van der Waals surface area contributed by atoms with Crippen LogP contribution in [0, 0.1) is 0 Å². The van der Waals surface area contributed by atoms with Crippen LogP contribution in [0.4, 0.5) is 11.4 Å². The molecule has 0 saturated heterocycles. The second-order valence-electron chi connectivity index (χ2n) is 5.68. The molecule has 0 aliphatic rings. The fourth-order valence-electron chi connectivity index (χ4n) is 2.13. The van der Waals surface area contributed by atoms with Crippen molar-refractivity contribution in [1.29, 1.82) is 0 Å². The normalized spacial score (nSPS) is 10.6. The molecule has 2 rings (SSSR count). The maximum absolute atomic E-state index is 11.7. The van der Waals surface area contributed by atoms with E-state index in [1.165, 1.54) is 0 Å². The van der Waals surface area contributed by atoms with Crippen LogP contribution in [-0.4, -0.2) is 32.8 Å². The largest absolute Gasteiger partial charge is 0.385 e. The zero-order valence-corrected chi connectivity index (χ0v) is 14.2. The highest BCUT2D eigenvalue weighted by Crippen LogP contribution is 2.10. The van der Waals surface area contributed by atoms with E-state index in [0.29, 0.717) is 6.42 Å². The third-order valence-corrected chi connectivity index (χ3v) is 3.50. The van der Waals surface area contributed by atoms with Crippen molar-refractivity contribution < 1.29 is 4.79 Å². The molecule has 2 aromatic carbocycles. The minimum Gasteiger partial charge on any atom is -0.385 e. The molecule has 5 nitrogen and oxygen atoms in total. The fourth-order valence-corrected chi connectivity index (χ4v) is 2.13. The number of para-hydroxylation sites is 1. The molecule has 0 saturated carbocycles. The maximum Gasteiger partial charge on any atom is 0.240 e. The van der Waals surface area contributed by atoms with Crippen molar-refractivity contribution in [3.05, 3.63) is 60.2 Å². The van der Waals surface area contributed by atoms with Crippen LogP contribution in [0.15, 0.2) is 59.7 Å². The number of hydrogen-bond donors (Lipinski definition) is 2. The standard InChI is InChI=1S/C19H24N4O/c1-23(2)18-12-10-16(11-13-18)15-21-22-19(24)9-6-14-20-17-7-4-3-5-8-17/h3-5,7-8,10-13,15,20H,6,9,14H2,1-2H3,(H,22,24)/b21-15-. The van der Waals surface area contributed by atoms with Crippen molar-refractivity contribution in [1.82, 2.24) is 5.43 Å². The molecule has 0 aliphatic heterocycles. The van der Waals surface area contributed by atoms with Gasteiger partial charge in [0.15, 0.2) is 0 Å². The quantitative estimate of drug-likeness (QED) is 0.446. The Morgan fingerprint density at radius 2 is 1.79 bits per heavy atom. The first kappa shape index (κ1) is 17.5. The summed E-state index contributed by atoms with van der Waals surface area (Å²) < 4.78 is 0. The van der Waals surface area contributed by atoms with Crippen LogP contribution in [0.1, 0.15) is 18.4 Å². The Balaban J connectivity index is 1.65. The highest BCUT2D eigenvalue weighted by molar-refractivity contribution is 5.82. The van der Waals surface area contributed by atoms with Gasteiger partial charge in [0.1, 0.15) is 0 Å². The maximum atomic E-state index is 11.7. The molecule has 2 N–H and O–H groups in total. The number of amides is 1. The predicted octanol–water partition coefficient (Wildman–Crippen LogP) is 3.10. The molecule has 0 unspecified atom stereocenters. The van der Waals surface area contributed by atoms with Crippen molar-refractivity contribution >= 4 is 23.5 Å². The summed E-state index contributed by atoms with van der Waals surface area (Å²) in [7, 11) is 3.99. The first-order valence-corrected chi connectivity index (χ1v) is 8.03. The smallest absolute Gasteiger partial charge is 0.240 e. The van der Waals surface area contributed by atoms with Crippen LogP contribution in [0.2, 0.25) is 0 Å². The van der Waals surface area contributed by atoms with Gasteiger partial charge in [0.2, 0.25) is 5.91 Å². The summed E-state index contributed by atoms with van der Waals surface area (Å²) in [4.78, 5) is 13.8. The van der Waals surface area contributed by atoms with Gasteiger partial charge in [-0.05, 0) is 36.2 Å². The van der Waals surface area contributed by atoms with Gasteiger partial charge in [0, 0.05) is 38.4 Å². The second kappa shape index (κ2) is 9.35. The molecule has 0 radical (unpaired) electrons. The molecule has 1 amide bonds. The number of benzene rings is 2. The van der Waals surface area contributed by atoms with Crippen LogP contribution >= 0.6 is 0 Å². The first-order chi connectivity index (χ1) is 11.6. The van der Waals surface area contributed by atoms with Crippen molar-refractivity contribution in [2.45, 2.75) is 12.8 Å². The van der Waals surface area contributed by atoms with Crippen molar-refractivity contribution in [2.24, 2.45) is 5.10 Å². The molecule has 0 heterocycles. The Bertz CT molecular complexity index is 651. The molecule has 5 heteroatoms. The van der Waals surface area contributed by atoms with Gasteiger partial charge in [-0.3, -0.25) is 4.79 Å². The zero-order valence-electron chi connectivity index (χ0n) is 14.2. The molecule has 0 fully saturated rings. The molecule has 2 aromatic rings. The van der Waals surface area contributed by atoms with Crippen LogP contribution in [0.25, 0.3) is 0 Å². The zero-order chi connectivity index (χ0) is 17.2. The average molecular weight is 324 g/mol. The highest BCUT2D eigenvalue weighted by atomic mass is 16.2. The minimum absolute atomic E-state index is 0.0778. The van der Waals surface area contributed by atoms with Crippen LogP contribution in [0.3, 0.4) is 0 Å². The number of hydrazone groups is 1. The van der Waals surface area contributed by atoms with Crippen molar-refractivity contribution in [2.75, 3.05) is 30.9 Å². The number of carbonyl (C=O) groups excluding carboxylic acids is 1. The van der Waals surface area contributed by atoms with E-state index in [0.717, 1.165) is 29.9 Å². The third-order valence-electron chi connectivity index (χ3n) is 3.50. The molecule has 24 heavy (non-hydrogen) atoms. The van der Waals surface area contributed by atoms with Gasteiger partial charge in [-0.1, -0.05) is 30.3 Å². The Morgan fingerprint density at radius 1 is 1.08 bits per heavy atom. The molecule has 126 valence electrons. The Kier molecular flexibility index (Phi) is 6.83. The van der Waals surface area contributed by atoms with E-state index >= 15 is 0 Å². The summed E-state index contributed by atoms with van der Waals surface area (Å²) >= 11 is 0. The van der Waals surface area contributed by atoms with Gasteiger partial charge in [-0.15, -0.1) is 0 Å². The number of nitrogens with zero attached hydrogens (tertiary/aromatic N) is 2. The molecule has 0 atom stereocenters. The van der Waals surface area contributed by atoms with Crippen molar-refractivity contribution in [3.63, 3.8) is 0 Å². The van der Waals surface area contributed by atoms with Crippen LogP contribution in [-0.2, 0) is 4.79 Å². The average Bonchev–Trinajstić information content (AvgIpc) is 2.60. The summed E-state index contributed by atoms with van der Waals surface area (Å²) in [6, 6.07) is 17.9. The number of rotatable bonds is 8. The Morgan fingerprint density at radius 3 is 2.46 bits per heavy atom. The SMILES string of the molecule is CN(C)c1ccc(/C=N\NC(=O)CCCNc2ccccc2)cc1. The minimum atomic E-state index is -0.0778. The van der Waals surface area contributed by atoms with E-state index in [2.05, 4.69) is 15.8 Å². The molecule has 0 aromatic heterocycles. The van der Waals surface area contributed by atoms with E-state index in [9.17, 15) is 4.79 Å². The van der Waals surface area contributed by atoms with Gasteiger partial charge in [0.05, 0.1) is 6.21 Å². The molecular formula is C19H24N4O. The Labute approximate surface area is 143 Å². The van der Waals surface area contributed by atoms with Gasteiger partial charge in [0.25, 0.3) is 0 Å². The van der Waals surface area contributed by atoms with E-state index in [1.807, 2.05) is 73.6 Å². The molecular weight excluding hydrogens is 300 g/mol. The fraction of sp³-hybridized carbons (Fsp3) is 0.263. The monoisotopic (exact) mass is 324 g/mol. The lowest BCUT2D eigenvalue weighted by molar-refractivity contribution is -0.121. The van der Waals surface area contributed by atoms with E-state index in [4.69, 9.17) is 0 Å². The van der Waals surface area contributed by atoms with Gasteiger partial charge in [-0.25, -0.2) is 5.43 Å². The van der Waals surface area contributed by atoms with Crippen molar-refractivity contribution in [3.8, 4) is 0 Å². The summed E-state index contributed by atoms with van der Waals surface area (Å²) in [6.45, 7) is 0.757. The lowest BCUT2D eigenvalue weighted by Crippen LogP contribution is -2.18. The first-order valence-electron chi connectivity index (χ1n) is 8.03. The number of anilines is 2. The van der Waals surface area contributed by atoms with E-state index in [1.54, 1.807) is 6.21 Å². The highest BCUT2D eigenvalue weighted by Gasteiger charge is 1.99. The summed E-state index contributed by atoms with van der Waals surface area (Å²) in [5.74, 6) is -0.0778. The third kappa shape index (κ3) is 6.12. The topological polar surface area (TPSA) is 56.7 Å². The lowest BCUT2D eigenvalue weighted by Gasteiger charge is -2.11. The number of carbonyl (C=O) groups is 1.